The van der Waals surface area contributed by atoms with Crippen molar-refractivity contribution in [3.8, 4) is 0 Å². The quantitative estimate of drug-likeness (QED) is 0.787. The lowest BCUT2D eigenvalue weighted by Gasteiger charge is -2.35. The molecule has 0 N–H and O–H groups in total. The first kappa shape index (κ1) is 17.4. The second kappa shape index (κ2) is 4.59. The predicted molar refractivity (Wildman–Crippen MR) is 92.2 cm³/mol. The Bertz CT molecular complexity index is 732. The third-order valence-electron chi connectivity index (χ3n) is 6.19. The van der Waals surface area contributed by atoms with E-state index in [1.807, 2.05) is 73.6 Å². The summed E-state index contributed by atoms with van der Waals surface area (Å²) in [6.07, 6.45) is 0. The van der Waals surface area contributed by atoms with Gasteiger partial charge < -0.3 is 0 Å². The van der Waals surface area contributed by atoms with Crippen LogP contribution in [0.25, 0.3) is 0 Å². The molecule has 0 atom stereocenters. The Labute approximate surface area is 144 Å². The fraction of sp³-hybridized carbons (Fsp3) is 0.632. The maximum atomic E-state index is 12.8. The highest BCUT2D eigenvalue weighted by Gasteiger charge is 2.52. The van der Waals surface area contributed by atoms with E-state index >= 15 is 0 Å². The average Bonchev–Trinajstić information content (AvgIpc) is 2.72. The molecule has 24 heavy (non-hydrogen) atoms. The van der Waals surface area contributed by atoms with E-state index in [0.717, 1.165) is 26.8 Å². The maximum absolute atomic E-state index is 12.8. The van der Waals surface area contributed by atoms with Crippen LogP contribution in [-0.2, 0) is 21.5 Å². The molecule has 2 aliphatic heterocycles. The molecule has 3 rings (SSSR count). The van der Waals surface area contributed by atoms with Crippen molar-refractivity contribution in [3.05, 3.63) is 34.9 Å². The first-order chi connectivity index (χ1) is 10.7. The molecule has 1 aromatic carbocycles. The van der Waals surface area contributed by atoms with Gasteiger partial charge in [0.05, 0.1) is 22.2 Å². The third kappa shape index (κ3) is 1.95. The molecule has 0 bridgehead atoms. The summed E-state index contributed by atoms with van der Waals surface area (Å²) in [4.78, 5) is 4.69. The van der Waals surface area contributed by atoms with Crippen molar-refractivity contribution in [2.45, 2.75) is 77.5 Å². The number of hydrogen-bond donors (Lipinski definition) is 0. The molecule has 5 nitrogen and oxygen atoms in total. The summed E-state index contributed by atoms with van der Waals surface area (Å²) in [6.45, 7) is 15.5. The fourth-order valence-electron chi connectivity index (χ4n) is 3.78. The van der Waals surface area contributed by atoms with Gasteiger partial charge in [-0.05, 0) is 72.6 Å². The van der Waals surface area contributed by atoms with Crippen LogP contribution in [0.4, 0.5) is 0 Å². The molecular weight excluding hydrogens is 302 g/mol. The molecule has 0 saturated carbocycles. The van der Waals surface area contributed by atoms with Gasteiger partial charge in [-0.15, -0.1) is 10.3 Å². The van der Waals surface area contributed by atoms with E-state index in [1.54, 1.807) is 0 Å². The van der Waals surface area contributed by atoms with Crippen molar-refractivity contribution in [2.24, 2.45) is 4.99 Å². The molecule has 0 amide bonds. The Hall–Kier alpha value is -1.43. The van der Waals surface area contributed by atoms with E-state index in [9.17, 15) is 10.4 Å². The summed E-state index contributed by atoms with van der Waals surface area (Å²) in [7, 11) is 0. The molecular formula is C19H27N3O2. The van der Waals surface area contributed by atoms with Gasteiger partial charge >= 0.3 is 0 Å². The van der Waals surface area contributed by atoms with E-state index in [0.29, 0.717) is 5.84 Å². The summed E-state index contributed by atoms with van der Waals surface area (Å²) >= 11 is 0. The van der Waals surface area contributed by atoms with Gasteiger partial charge in [0, 0.05) is 5.56 Å². The van der Waals surface area contributed by atoms with Crippen LogP contribution < -0.4 is 0 Å². The highest BCUT2D eigenvalue weighted by molar-refractivity contribution is 6.00. The number of rotatable bonds is 1. The van der Waals surface area contributed by atoms with Gasteiger partial charge in [0.2, 0.25) is 0 Å². The van der Waals surface area contributed by atoms with E-state index in [4.69, 9.17) is 4.99 Å². The Morgan fingerprint density at radius 3 is 1.88 bits per heavy atom. The van der Waals surface area contributed by atoms with Crippen LogP contribution in [0.2, 0.25) is 0 Å². The normalized spacial score (nSPS) is 26.4. The van der Waals surface area contributed by atoms with Crippen molar-refractivity contribution in [1.82, 2.24) is 10.1 Å². The van der Waals surface area contributed by atoms with E-state index in [1.165, 1.54) is 0 Å². The van der Waals surface area contributed by atoms with Crippen LogP contribution in [0.5, 0.6) is 0 Å². The molecule has 2 heterocycles. The van der Waals surface area contributed by atoms with Gasteiger partial charge in [-0.3, -0.25) is 4.99 Å². The summed E-state index contributed by atoms with van der Waals surface area (Å²) in [6, 6.07) is 5.85. The van der Waals surface area contributed by atoms with Crippen LogP contribution >= 0.6 is 0 Å². The molecule has 0 aliphatic carbocycles. The highest BCUT2D eigenvalue weighted by Crippen LogP contribution is 2.49. The second-order valence-electron chi connectivity index (χ2n) is 9.02. The standard InChI is InChI=1S/C19H27N3O2/c1-16(2)13-10-9-12(11-14(13)17(3,4)22(16)24)15-20-18(5,6)19(7,8)21(15)23/h9-11H,1-8H3. The predicted octanol–water partition coefficient (Wildman–Crippen LogP) is 3.78. The Kier molecular flexibility index (Phi) is 3.33. The van der Waals surface area contributed by atoms with Crippen molar-refractivity contribution >= 4 is 5.84 Å². The van der Waals surface area contributed by atoms with Crippen molar-refractivity contribution in [1.29, 1.82) is 0 Å². The van der Waals surface area contributed by atoms with Crippen LogP contribution in [0.15, 0.2) is 23.2 Å². The molecule has 2 radical (unpaired) electrons. The summed E-state index contributed by atoms with van der Waals surface area (Å²) in [5, 5.41) is 27.7. The lowest BCUT2D eigenvalue weighted by molar-refractivity contribution is -0.266. The molecule has 1 aromatic rings. The van der Waals surface area contributed by atoms with E-state index in [-0.39, 0.29) is 0 Å². The van der Waals surface area contributed by atoms with Gasteiger partial charge in [-0.25, -0.2) is 0 Å². The number of hydroxylamine groups is 4. The Balaban J connectivity index is 2.14. The summed E-state index contributed by atoms with van der Waals surface area (Å²) in [5.74, 6) is 0.450. The monoisotopic (exact) mass is 329 g/mol. The molecule has 130 valence electrons. The zero-order valence-corrected chi connectivity index (χ0v) is 15.9. The molecule has 0 aromatic heterocycles. The van der Waals surface area contributed by atoms with Crippen LogP contribution in [0, 0.1) is 0 Å². The number of amidine groups is 1. The Morgan fingerprint density at radius 2 is 1.38 bits per heavy atom. The van der Waals surface area contributed by atoms with Crippen molar-refractivity contribution < 1.29 is 10.4 Å². The first-order valence-electron chi connectivity index (χ1n) is 8.44. The van der Waals surface area contributed by atoms with Crippen LogP contribution in [0.3, 0.4) is 0 Å². The highest BCUT2D eigenvalue weighted by atomic mass is 16.5. The van der Waals surface area contributed by atoms with Gasteiger partial charge in [-0.2, -0.15) is 5.06 Å². The SMILES string of the molecule is CC1(C)c2ccc(C3=NC(C)(C)C(C)(C)N3[O])cc2C(C)(C)N1[O]. The van der Waals surface area contributed by atoms with Crippen LogP contribution in [0.1, 0.15) is 72.1 Å². The molecule has 0 saturated heterocycles. The van der Waals surface area contributed by atoms with Crippen molar-refractivity contribution in [2.75, 3.05) is 0 Å². The topological polar surface area (TPSA) is 58.6 Å². The third-order valence-corrected chi connectivity index (χ3v) is 6.19. The number of fused-ring (bicyclic) bond motifs is 1. The number of nitrogens with zero attached hydrogens (tertiary/aromatic N) is 3. The zero-order chi connectivity index (χ0) is 18.3. The second-order valence-corrected chi connectivity index (χ2v) is 9.02. The first-order valence-corrected chi connectivity index (χ1v) is 8.44. The minimum absolute atomic E-state index is 0.450. The van der Waals surface area contributed by atoms with E-state index < -0.39 is 22.2 Å². The van der Waals surface area contributed by atoms with Crippen LogP contribution in [-0.4, -0.2) is 27.0 Å². The molecule has 0 fully saturated rings. The van der Waals surface area contributed by atoms with Gasteiger partial charge in [0.15, 0.2) is 5.84 Å². The average molecular weight is 329 g/mol. The minimum atomic E-state index is -0.632. The molecule has 2 aliphatic rings. The van der Waals surface area contributed by atoms with E-state index in [2.05, 4.69) is 0 Å². The van der Waals surface area contributed by atoms with Gasteiger partial charge in [0.25, 0.3) is 0 Å². The van der Waals surface area contributed by atoms with Gasteiger partial charge in [-0.1, -0.05) is 17.3 Å². The lowest BCUT2D eigenvalue weighted by Crippen LogP contribution is -2.50. The van der Waals surface area contributed by atoms with Gasteiger partial charge in [0.1, 0.15) is 0 Å². The lowest BCUT2D eigenvalue weighted by atomic mass is 9.84. The molecule has 0 unspecified atom stereocenters. The number of benzene rings is 1. The largest absolute Gasteiger partial charge is 0.257 e. The fourth-order valence-corrected chi connectivity index (χ4v) is 3.78. The molecule has 0 spiro atoms. The zero-order valence-electron chi connectivity index (χ0n) is 15.9. The Morgan fingerprint density at radius 1 is 0.833 bits per heavy atom. The van der Waals surface area contributed by atoms with Crippen molar-refractivity contribution in [3.63, 3.8) is 0 Å². The summed E-state index contributed by atoms with van der Waals surface area (Å²) < 4.78 is 0. The number of aliphatic imine (C=N–C) groups is 1. The molecule has 5 heteroatoms. The minimum Gasteiger partial charge on any atom is -0.257 e. The number of hydrogen-bond acceptors (Lipinski definition) is 3. The summed E-state index contributed by atoms with van der Waals surface area (Å²) in [5.41, 5.74) is 0.474. The smallest absolute Gasteiger partial charge is 0.159 e. The maximum Gasteiger partial charge on any atom is 0.159 e.